The highest BCUT2D eigenvalue weighted by Crippen LogP contribution is 2.23. The number of aliphatic imine (C=N–C) groups is 2. The molecule has 0 unspecified atom stereocenters. The summed E-state index contributed by atoms with van der Waals surface area (Å²) in [6.07, 6.45) is -0.636. The summed E-state index contributed by atoms with van der Waals surface area (Å²) >= 11 is 1.11. The lowest BCUT2D eigenvalue weighted by Gasteiger charge is -2.24. The number of thiazole rings is 1. The Morgan fingerprint density at radius 3 is 1.91 bits per heavy atom. The van der Waals surface area contributed by atoms with Gasteiger partial charge in [-0.2, -0.15) is 0 Å². The van der Waals surface area contributed by atoms with Gasteiger partial charge in [0.15, 0.2) is 16.9 Å². The van der Waals surface area contributed by atoms with Crippen molar-refractivity contribution < 1.29 is 38.7 Å². The first kappa shape index (κ1) is 43.3. The van der Waals surface area contributed by atoms with E-state index in [9.17, 15) is 38.7 Å². The van der Waals surface area contributed by atoms with Gasteiger partial charge in [0.1, 0.15) is 18.1 Å². The molecule has 5 amide bonds. The summed E-state index contributed by atoms with van der Waals surface area (Å²) in [6, 6.07) is 0.334. The molecule has 0 bridgehead atoms. The third-order valence-corrected chi connectivity index (χ3v) is 8.51. The van der Waals surface area contributed by atoms with Crippen LogP contribution in [0.5, 0.6) is 0 Å². The number of benzene rings is 1. The maximum atomic E-state index is 13.6. The fraction of sp³-hybridized carbons (Fsp3) is 0.484. The summed E-state index contributed by atoms with van der Waals surface area (Å²) in [5.74, 6) is -6.67. The molecule has 5 atom stereocenters. The number of para-hydroxylation sites is 1. The van der Waals surface area contributed by atoms with Crippen molar-refractivity contribution in [1.29, 1.82) is 0 Å². The zero-order chi connectivity index (χ0) is 39.7. The third-order valence-electron chi connectivity index (χ3n) is 7.46. The second-order valence-electron chi connectivity index (χ2n) is 11.9. The van der Waals surface area contributed by atoms with Gasteiger partial charge in [-0.25, -0.2) is 4.98 Å². The van der Waals surface area contributed by atoms with E-state index in [-0.39, 0.29) is 62.1 Å². The number of carboxylic acid groups (broad SMARTS) is 1. The zero-order valence-corrected chi connectivity index (χ0v) is 29.9. The average molecular weight is 762 g/mol. The van der Waals surface area contributed by atoms with E-state index in [4.69, 9.17) is 34.4 Å². The minimum absolute atomic E-state index is 0.0375. The van der Waals surface area contributed by atoms with Gasteiger partial charge in [-0.1, -0.05) is 12.1 Å². The van der Waals surface area contributed by atoms with E-state index in [1.54, 1.807) is 24.3 Å². The van der Waals surface area contributed by atoms with Crippen LogP contribution in [0.1, 0.15) is 61.7 Å². The molecule has 2 rings (SSSR count). The number of nitrogens with two attached hydrogens (primary N) is 6. The molecule has 0 spiro atoms. The molecule has 0 aliphatic heterocycles. The lowest BCUT2D eigenvalue weighted by molar-refractivity contribution is -0.141. The number of nitrogens with one attached hydrogen (secondary N) is 4. The number of guanidine groups is 2. The van der Waals surface area contributed by atoms with Crippen molar-refractivity contribution in [3.05, 3.63) is 29.3 Å². The molecule has 0 fully saturated rings. The summed E-state index contributed by atoms with van der Waals surface area (Å²) in [6.45, 7) is 1.58. The van der Waals surface area contributed by atoms with Gasteiger partial charge in [0.2, 0.25) is 35.3 Å². The summed E-state index contributed by atoms with van der Waals surface area (Å²) < 4.78 is 0.729. The summed E-state index contributed by atoms with van der Waals surface area (Å²) in [5.41, 5.74) is 33.0. The Morgan fingerprint density at radius 1 is 0.755 bits per heavy atom. The predicted molar refractivity (Wildman–Crippen MR) is 196 cm³/mol. The van der Waals surface area contributed by atoms with E-state index >= 15 is 0 Å². The van der Waals surface area contributed by atoms with Gasteiger partial charge in [-0.05, 0) is 51.2 Å². The van der Waals surface area contributed by atoms with Gasteiger partial charge >= 0.3 is 5.97 Å². The van der Waals surface area contributed by atoms with E-state index in [0.717, 1.165) is 16.0 Å². The van der Waals surface area contributed by atoms with Gasteiger partial charge in [0.05, 0.1) is 28.7 Å². The van der Waals surface area contributed by atoms with Crippen molar-refractivity contribution >= 4 is 74.8 Å². The standard InChI is InChI=1S/C31H47N13O8S/c1-15(40-27(51)19(10-11-22(33)45)42-26(50)16(32)6-4-12-38-30(34)35)25(49)43-20(14-23(46)47)28(52)41-18(8-5-13-39-31(36)37)24(48)29-44-17-7-2-3-9-21(17)53-29/h2-3,7,9,15-16,18-20H,4-6,8,10-14,32H2,1H3,(H2,33,45)(H,40,51)(H,41,52)(H,42,50)(H,43,49)(H,46,47)(H4,34,35,38)(H4,36,37,39)/t15-,16-,18+,19-,20-/m0/s1. The smallest absolute Gasteiger partial charge is 0.305 e. The summed E-state index contributed by atoms with van der Waals surface area (Å²) in [7, 11) is 0. The Balaban J connectivity index is 2.17. The van der Waals surface area contributed by atoms with E-state index in [2.05, 4.69) is 36.2 Å². The van der Waals surface area contributed by atoms with Crippen LogP contribution < -0.4 is 55.7 Å². The minimum atomic E-state index is -1.69. The average Bonchev–Trinajstić information content (AvgIpc) is 3.52. The molecule has 1 heterocycles. The monoisotopic (exact) mass is 761 g/mol. The Kier molecular flexibility index (Phi) is 17.5. The molecule has 0 aliphatic carbocycles. The molecule has 17 N–H and O–H groups in total. The van der Waals surface area contributed by atoms with Crippen molar-refractivity contribution in [2.45, 2.75) is 82.1 Å². The van der Waals surface area contributed by atoms with Crippen molar-refractivity contribution in [2.75, 3.05) is 13.1 Å². The normalized spacial score (nSPS) is 13.6. The first-order valence-corrected chi connectivity index (χ1v) is 17.3. The molecular formula is C31H47N13O8S. The number of aromatic nitrogens is 1. The fourth-order valence-electron chi connectivity index (χ4n) is 4.72. The number of Topliss-reactive ketones (excluding diaryl/α,β-unsaturated/α-hetero) is 1. The predicted octanol–water partition coefficient (Wildman–Crippen LogP) is -3.39. The first-order valence-electron chi connectivity index (χ1n) is 16.5. The van der Waals surface area contributed by atoms with Crippen LogP contribution in [0.25, 0.3) is 10.2 Å². The lowest BCUT2D eigenvalue weighted by atomic mass is 10.0. The number of primary amides is 1. The van der Waals surface area contributed by atoms with Gasteiger partial charge in [0.25, 0.3) is 0 Å². The topological polar surface area (TPSA) is 382 Å². The SMILES string of the molecule is C[C@H](NC(=O)[C@H](CCC(N)=O)NC(=O)[C@@H](N)CCCN=C(N)N)C(=O)N[C@@H](CC(=O)O)C(=O)N[C@H](CCCN=C(N)N)C(=O)c1nc2ccccc2s1. The van der Waals surface area contributed by atoms with Gasteiger partial charge in [-0.15, -0.1) is 11.3 Å². The molecule has 0 saturated carbocycles. The van der Waals surface area contributed by atoms with Crippen LogP contribution in [0.4, 0.5) is 0 Å². The van der Waals surface area contributed by atoms with Crippen LogP contribution in [-0.4, -0.2) is 107 Å². The number of carbonyl (C=O) groups excluding carboxylic acids is 6. The quantitative estimate of drug-likeness (QED) is 0.0228. The van der Waals surface area contributed by atoms with Crippen LogP contribution in [-0.2, 0) is 28.8 Å². The Labute approximate surface area is 308 Å². The van der Waals surface area contributed by atoms with Crippen LogP contribution in [0.3, 0.4) is 0 Å². The Hall–Kier alpha value is -5.90. The molecular weight excluding hydrogens is 714 g/mol. The number of ketones is 1. The molecule has 21 nitrogen and oxygen atoms in total. The highest BCUT2D eigenvalue weighted by molar-refractivity contribution is 7.20. The van der Waals surface area contributed by atoms with Crippen LogP contribution in [0.15, 0.2) is 34.3 Å². The van der Waals surface area contributed by atoms with Gasteiger partial charge < -0.3 is 60.8 Å². The van der Waals surface area contributed by atoms with Crippen molar-refractivity contribution in [3.63, 3.8) is 0 Å². The largest absolute Gasteiger partial charge is 0.481 e. The number of amides is 5. The van der Waals surface area contributed by atoms with Gasteiger partial charge in [0, 0.05) is 19.5 Å². The van der Waals surface area contributed by atoms with E-state index < -0.39 is 77.9 Å². The molecule has 2 aromatic rings. The maximum absolute atomic E-state index is 13.6. The number of carboxylic acids is 1. The summed E-state index contributed by atoms with van der Waals surface area (Å²) in [4.78, 5) is 101. The molecule has 53 heavy (non-hydrogen) atoms. The minimum Gasteiger partial charge on any atom is -0.481 e. The molecule has 1 aromatic carbocycles. The van der Waals surface area contributed by atoms with Crippen LogP contribution >= 0.6 is 11.3 Å². The summed E-state index contributed by atoms with van der Waals surface area (Å²) in [5, 5.41) is 19.2. The first-order chi connectivity index (χ1) is 25.0. The second kappa shape index (κ2) is 21.5. The number of carbonyl (C=O) groups is 7. The van der Waals surface area contributed by atoms with Crippen molar-refractivity contribution in [3.8, 4) is 0 Å². The van der Waals surface area contributed by atoms with E-state index in [1.807, 2.05) is 0 Å². The Morgan fingerprint density at radius 2 is 1.32 bits per heavy atom. The molecule has 0 saturated heterocycles. The van der Waals surface area contributed by atoms with E-state index in [1.165, 1.54) is 6.92 Å². The number of fused-ring (bicyclic) bond motifs is 1. The number of nitrogens with zero attached hydrogens (tertiary/aromatic N) is 3. The highest BCUT2D eigenvalue weighted by Gasteiger charge is 2.32. The molecule has 1 aromatic heterocycles. The number of hydrogen-bond acceptors (Lipinski definition) is 12. The Bertz CT molecular complexity index is 1660. The highest BCUT2D eigenvalue weighted by atomic mass is 32.1. The number of rotatable bonds is 23. The van der Waals surface area contributed by atoms with Crippen LogP contribution in [0.2, 0.25) is 0 Å². The van der Waals surface area contributed by atoms with Crippen LogP contribution in [0, 0.1) is 0 Å². The van der Waals surface area contributed by atoms with Crippen molar-refractivity contribution in [1.82, 2.24) is 26.3 Å². The second-order valence-corrected chi connectivity index (χ2v) is 12.9. The third kappa shape index (κ3) is 15.5. The fourth-order valence-corrected chi connectivity index (χ4v) is 5.68. The molecule has 0 aliphatic rings. The van der Waals surface area contributed by atoms with Gasteiger partial charge in [-0.3, -0.25) is 43.5 Å². The van der Waals surface area contributed by atoms with Crippen molar-refractivity contribution in [2.24, 2.45) is 44.4 Å². The number of hydrogen-bond donors (Lipinski definition) is 11. The molecule has 0 radical (unpaired) electrons. The lowest BCUT2D eigenvalue weighted by Crippen LogP contribution is -2.58. The number of aliphatic carboxylic acids is 1. The zero-order valence-electron chi connectivity index (χ0n) is 29.1. The molecule has 22 heteroatoms. The molecule has 290 valence electrons. The maximum Gasteiger partial charge on any atom is 0.305 e. The van der Waals surface area contributed by atoms with E-state index in [0.29, 0.717) is 11.9 Å².